The van der Waals surface area contributed by atoms with Crippen molar-refractivity contribution in [1.82, 2.24) is 10.1 Å². The molecule has 2 N–H and O–H groups in total. The van der Waals surface area contributed by atoms with Gasteiger partial charge < -0.3 is 4.90 Å². The van der Waals surface area contributed by atoms with Gasteiger partial charge in [0.25, 0.3) is 5.91 Å². The van der Waals surface area contributed by atoms with Crippen molar-refractivity contribution in [2.24, 2.45) is 11.0 Å². The van der Waals surface area contributed by atoms with E-state index in [0.717, 1.165) is 29.9 Å². The SMILES string of the molecule is CCN(CC)c1ccc(/C=N\NC(=O)[C@@H](NS(=O)(=O)c2ccc(C)cc2)C(C)C)cc1. The summed E-state index contributed by atoms with van der Waals surface area (Å²) >= 11 is 0. The van der Waals surface area contributed by atoms with Crippen molar-refractivity contribution in [3.63, 3.8) is 0 Å². The normalized spacial score (nSPS) is 12.8. The van der Waals surface area contributed by atoms with Crippen molar-refractivity contribution < 1.29 is 13.2 Å². The molecule has 1 atom stereocenters. The topological polar surface area (TPSA) is 90.9 Å². The minimum Gasteiger partial charge on any atom is -0.372 e. The van der Waals surface area contributed by atoms with Gasteiger partial charge in [-0.3, -0.25) is 4.79 Å². The van der Waals surface area contributed by atoms with Gasteiger partial charge in [-0.1, -0.05) is 43.7 Å². The molecular weight excluding hydrogens is 412 g/mol. The molecule has 8 heteroatoms. The summed E-state index contributed by atoms with van der Waals surface area (Å²) in [4.78, 5) is 15.0. The first-order valence-electron chi connectivity index (χ1n) is 10.4. The van der Waals surface area contributed by atoms with E-state index in [1.54, 1.807) is 26.0 Å². The van der Waals surface area contributed by atoms with E-state index in [-0.39, 0.29) is 10.8 Å². The van der Waals surface area contributed by atoms with Crippen LogP contribution in [-0.2, 0) is 14.8 Å². The number of hydrogen-bond acceptors (Lipinski definition) is 5. The van der Waals surface area contributed by atoms with E-state index < -0.39 is 22.0 Å². The second-order valence-corrected chi connectivity index (χ2v) is 9.37. The highest BCUT2D eigenvalue weighted by Crippen LogP contribution is 2.15. The third-order valence-corrected chi connectivity index (χ3v) is 6.43. The molecule has 0 heterocycles. The van der Waals surface area contributed by atoms with E-state index in [1.165, 1.54) is 18.3 Å². The highest BCUT2D eigenvalue weighted by molar-refractivity contribution is 7.89. The van der Waals surface area contributed by atoms with Crippen molar-refractivity contribution in [3.8, 4) is 0 Å². The molecule has 168 valence electrons. The van der Waals surface area contributed by atoms with Crippen molar-refractivity contribution in [2.75, 3.05) is 18.0 Å². The molecular formula is C23H32N4O3S. The van der Waals surface area contributed by atoms with Gasteiger partial charge in [-0.15, -0.1) is 0 Å². The Morgan fingerprint density at radius 1 is 1.03 bits per heavy atom. The summed E-state index contributed by atoms with van der Waals surface area (Å²) in [5.41, 5.74) is 5.36. The molecule has 0 fully saturated rings. The predicted octanol–water partition coefficient (Wildman–Crippen LogP) is 3.29. The maximum Gasteiger partial charge on any atom is 0.258 e. The smallest absolute Gasteiger partial charge is 0.258 e. The number of aryl methyl sites for hydroxylation is 1. The number of sulfonamides is 1. The number of carbonyl (C=O) groups is 1. The van der Waals surface area contributed by atoms with Crippen LogP contribution in [0.15, 0.2) is 58.5 Å². The van der Waals surface area contributed by atoms with Crippen molar-refractivity contribution >= 4 is 27.8 Å². The molecule has 0 saturated heterocycles. The second kappa shape index (κ2) is 11.1. The van der Waals surface area contributed by atoms with Gasteiger partial charge in [-0.05, 0) is 56.5 Å². The standard InChI is InChI=1S/C23H32N4O3S/c1-6-27(7-2)20-12-10-19(11-13-20)16-24-25-23(28)22(17(3)4)26-31(29,30)21-14-8-18(5)9-15-21/h8-17,22,26H,6-7H2,1-5H3,(H,25,28)/b24-16-/t22-/m0/s1. The van der Waals surface area contributed by atoms with Crippen LogP contribution in [0.5, 0.6) is 0 Å². The molecule has 0 aromatic heterocycles. The average Bonchev–Trinajstić information content (AvgIpc) is 2.74. The van der Waals surface area contributed by atoms with E-state index in [2.05, 4.69) is 34.0 Å². The zero-order chi connectivity index (χ0) is 23.0. The Morgan fingerprint density at radius 3 is 2.13 bits per heavy atom. The van der Waals surface area contributed by atoms with Crippen molar-refractivity contribution in [2.45, 2.75) is 45.6 Å². The summed E-state index contributed by atoms with van der Waals surface area (Å²) in [6, 6.07) is 13.4. The Hall–Kier alpha value is -2.71. The molecule has 0 bridgehead atoms. The molecule has 2 rings (SSSR count). The number of rotatable bonds is 10. The predicted molar refractivity (Wildman–Crippen MR) is 126 cm³/mol. The molecule has 0 aliphatic heterocycles. The highest BCUT2D eigenvalue weighted by Gasteiger charge is 2.28. The van der Waals surface area contributed by atoms with Crippen LogP contribution in [0.1, 0.15) is 38.8 Å². The summed E-state index contributed by atoms with van der Waals surface area (Å²) in [5, 5.41) is 4.00. The fourth-order valence-electron chi connectivity index (χ4n) is 3.04. The van der Waals surface area contributed by atoms with Gasteiger partial charge in [0, 0.05) is 18.8 Å². The Morgan fingerprint density at radius 2 is 1.61 bits per heavy atom. The number of nitrogens with zero attached hydrogens (tertiary/aromatic N) is 2. The zero-order valence-corrected chi connectivity index (χ0v) is 19.6. The lowest BCUT2D eigenvalue weighted by molar-refractivity contribution is -0.123. The van der Waals surface area contributed by atoms with Gasteiger partial charge >= 0.3 is 0 Å². The zero-order valence-electron chi connectivity index (χ0n) is 18.8. The molecule has 2 aromatic carbocycles. The van der Waals surface area contributed by atoms with E-state index in [0.29, 0.717) is 0 Å². The first-order chi connectivity index (χ1) is 14.7. The molecule has 0 unspecified atom stereocenters. The third-order valence-electron chi connectivity index (χ3n) is 4.97. The number of benzene rings is 2. The summed E-state index contributed by atoms with van der Waals surface area (Å²) in [5.74, 6) is -0.773. The number of nitrogens with one attached hydrogen (secondary N) is 2. The number of hydrazone groups is 1. The second-order valence-electron chi connectivity index (χ2n) is 7.65. The molecule has 0 radical (unpaired) electrons. The van der Waals surface area contributed by atoms with Crippen LogP contribution >= 0.6 is 0 Å². The summed E-state index contributed by atoms with van der Waals surface area (Å²) < 4.78 is 27.8. The first kappa shape index (κ1) is 24.6. The molecule has 2 aromatic rings. The van der Waals surface area contributed by atoms with Gasteiger partial charge in [-0.25, -0.2) is 13.8 Å². The van der Waals surface area contributed by atoms with Crippen LogP contribution in [0, 0.1) is 12.8 Å². The summed E-state index contributed by atoms with van der Waals surface area (Å²) in [6.45, 7) is 11.5. The fourth-order valence-corrected chi connectivity index (χ4v) is 4.39. The number of amides is 1. The minimum absolute atomic E-state index is 0.119. The Bertz CT molecular complexity index is 980. The van der Waals surface area contributed by atoms with Crippen LogP contribution in [0.3, 0.4) is 0 Å². The first-order valence-corrected chi connectivity index (χ1v) is 11.9. The lowest BCUT2D eigenvalue weighted by Crippen LogP contribution is -2.48. The molecule has 0 spiro atoms. The molecule has 0 aliphatic rings. The number of hydrogen-bond donors (Lipinski definition) is 2. The summed E-state index contributed by atoms with van der Waals surface area (Å²) in [6.07, 6.45) is 1.54. The maximum absolute atomic E-state index is 12.7. The van der Waals surface area contributed by atoms with Crippen LogP contribution in [0.4, 0.5) is 5.69 Å². The third kappa shape index (κ3) is 6.90. The van der Waals surface area contributed by atoms with Gasteiger partial charge in [0.1, 0.15) is 6.04 Å². The van der Waals surface area contributed by atoms with Gasteiger partial charge in [0.05, 0.1) is 11.1 Å². The lowest BCUT2D eigenvalue weighted by atomic mass is 10.1. The minimum atomic E-state index is -3.83. The van der Waals surface area contributed by atoms with Crippen molar-refractivity contribution in [3.05, 3.63) is 59.7 Å². The Kier molecular flexibility index (Phi) is 8.76. The van der Waals surface area contributed by atoms with E-state index in [4.69, 9.17) is 0 Å². The summed E-state index contributed by atoms with van der Waals surface area (Å²) in [7, 11) is -3.83. The highest BCUT2D eigenvalue weighted by atomic mass is 32.2. The molecule has 0 aliphatic carbocycles. The average molecular weight is 445 g/mol. The monoisotopic (exact) mass is 444 g/mol. The number of carbonyl (C=O) groups excluding carboxylic acids is 1. The van der Waals surface area contributed by atoms with Crippen molar-refractivity contribution in [1.29, 1.82) is 0 Å². The van der Waals surface area contributed by atoms with Gasteiger partial charge in [0.15, 0.2) is 0 Å². The maximum atomic E-state index is 12.7. The quantitative estimate of drug-likeness (QED) is 0.435. The van der Waals surface area contributed by atoms with E-state index in [1.807, 2.05) is 31.2 Å². The molecule has 7 nitrogen and oxygen atoms in total. The van der Waals surface area contributed by atoms with E-state index >= 15 is 0 Å². The van der Waals surface area contributed by atoms with Crippen LogP contribution in [0.25, 0.3) is 0 Å². The van der Waals surface area contributed by atoms with Crippen LogP contribution < -0.4 is 15.0 Å². The lowest BCUT2D eigenvalue weighted by Gasteiger charge is -2.21. The van der Waals surface area contributed by atoms with Gasteiger partial charge in [0.2, 0.25) is 10.0 Å². The Labute approximate surface area is 185 Å². The largest absolute Gasteiger partial charge is 0.372 e. The van der Waals surface area contributed by atoms with Crippen LogP contribution in [-0.4, -0.2) is 39.7 Å². The molecule has 31 heavy (non-hydrogen) atoms. The van der Waals surface area contributed by atoms with Crippen LogP contribution in [0.2, 0.25) is 0 Å². The van der Waals surface area contributed by atoms with E-state index in [9.17, 15) is 13.2 Å². The molecule has 0 saturated carbocycles. The Balaban J connectivity index is 2.04. The van der Waals surface area contributed by atoms with Gasteiger partial charge in [-0.2, -0.15) is 9.82 Å². The fraction of sp³-hybridized carbons (Fsp3) is 0.391. The molecule has 1 amide bonds. The number of anilines is 1.